The maximum Gasteiger partial charge on any atom is 0.0608 e. The number of rotatable bonds is 1. The standard InChI is InChI=1S/C15H24O/c1-10(2)12-5-6-13-7-8-14(16)11(3)15(13,4)9-12/h7,11-12,14,16H,1,5-6,8-9H2,2-4H3. The zero-order valence-electron chi connectivity index (χ0n) is 10.8. The highest BCUT2D eigenvalue weighted by molar-refractivity contribution is 5.24. The quantitative estimate of drug-likeness (QED) is 0.668. The predicted molar refractivity (Wildman–Crippen MR) is 68.1 cm³/mol. The summed E-state index contributed by atoms with van der Waals surface area (Å²) in [5.74, 6) is 1.03. The number of hydrogen-bond acceptors (Lipinski definition) is 1. The van der Waals surface area contributed by atoms with Crippen LogP contribution < -0.4 is 0 Å². The van der Waals surface area contributed by atoms with E-state index in [0.717, 1.165) is 6.42 Å². The van der Waals surface area contributed by atoms with Gasteiger partial charge in [0.2, 0.25) is 0 Å². The van der Waals surface area contributed by atoms with E-state index in [0.29, 0.717) is 11.8 Å². The molecule has 4 atom stereocenters. The first-order chi connectivity index (χ1) is 7.45. The van der Waals surface area contributed by atoms with Crippen molar-refractivity contribution in [2.24, 2.45) is 17.3 Å². The fourth-order valence-corrected chi connectivity index (χ4v) is 3.49. The molecule has 90 valence electrons. The highest BCUT2D eigenvalue weighted by Crippen LogP contribution is 2.53. The highest BCUT2D eigenvalue weighted by Gasteiger charge is 2.44. The van der Waals surface area contributed by atoms with Crippen molar-refractivity contribution >= 4 is 0 Å². The molecule has 0 radical (unpaired) electrons. The number of allylic oxidation sites excluding steroid dienone is 2. The van der Waals surface area contributed by atoms with E-state index in [1.54, 1.807) is 5.57 Å². The largest absolute Gasteiger partial charge is 0.392 e. The van der Waals surface area contributed by atoms with Gasteiger partial charge in [0.1, 0.15) is 0 Å². The Hall–Kier alpha value is -0.560. The van der Waals surface area contributed by atoms with Crippen molar-refractivity contribution in [2.75, 3.05) is 0 Å². The molecule has 2 rings (SSSR count). The second-order valence-corrected chi connectivity index (χ2v) is 6.02. The van der Waals surface area contributed by atoms with Gasteiger partial charge in [-0.25, -0.2) is 0 Å². The van der Waals surface area contributed by atoms with Crippen LogP contribution in [0, 0.1) is 17.3 Å². The van der Waals surface area contributed by atoms with Gasteiger partial charge in [0.05, 0.1) is 6.10 Å². The number of aliphatic hydroxyl groups excluding tert-OH is 1. The fourth-order valence-electron chi connectivity index (χ4n) is 3.49. The molecule has 1 N–H and O–H groups in total. The van der Waals surface area contributed by atoms with E-state index in [-0.39, 0.29) is 11.5 Å². The number of fused-ring (bicyclic) bond motifs is 1. The molecular formula is C15H24O. The SMILES string of the molecule is C=C(C)C1CCC2=CCC(O)C(C)C2(C)C1. The van der Waals surface area contributed by atoms with E-state index < -0.39 is 0 Å². The van der Waals surface area contributed by atoms with Gasteiger partial charge in [-0.15, -0.1) is 0 Å². The smallest absolute Gasteiger partial charge is 0.0608 e. The Kier molecular flexibility index (Phi) is 3.00. The first-order valence-corrected chi connectivity index (χ1v) is 6.48. The Bertz CT molecular complexity index is 328. The van der Waals surface area contributed by atoms with Crippen LogP contribution in [0.5, 0.6) is 0 Å². The van der Waals surface area contributed by atoms with Crippen molar-refractivity contribution in [3.63, 3.8) is 0 Å². The Morgan fingerprint density at radius 3 is 2.88 bits per heavy atom. The molecule has 1 heteroatoms. The second-order valence-electron chi connectivity index (χ2n) is 6.02. The van der Waals surface area contributed by atoms with Gasteiger partial charge < -0.3 is 5.11 Å². The Morgan fingerprint density at radius 2 is 2.25 bits per heavy atom. The average Bonchev–Trinajstić information content (AvgIpc) is 2.24. The lowest BCUT2D eigenvalue weighted by molar-refractivity contribution is 0.0240. The molecule has 0 heterocycles. The van der Waals surface area contributed by atoms with E-state index in [4.69, 9.17) is 0 Å². The van der Waals surface area contributed by atoms with Gasteiger partial charge in [-0.1, -0.05) is 37.6 Å². The highest BCUT2D eigenvalue weighted by atomic mass is 16.3. The first-order valence-electron chi connectivity index (χ1n) is 6.48. The molecule has 16 heavy (non-hydrogen) atoms. The summed E-state index contributed by atoms with van der Waals surface area (Å²) in [6.45, 7) is 10.8. The lowest BCUT2D eigenvalue weighted by atomic mass is 9.57. The molecule has 1 fully saturated rings. The minimum absolute atomic E-state index is 0.155. The van der Waals surface area contributed by atoms with Gasteiger partial charge >= 0.3 is 0 Å². The van der Waals surface area contributed by atoms with Crippen molar-refractivity contribution in [2.45, 2.75) is 52.6 Å². The summed E-state index contributed by atoms with van der Waals surface area (Å²) >= 11 is 0. The summed E-state index contributed by atoms with van der Waals surface area (Å²) in [5.41, 5.74) is 3.11. The second kappa shape index (κ2) is 4.03. The molecule has 0 aromatic heterocycles. The lowest BCUT2D eigenvalue weighted by Crippen LogP contribution is -2.42. The maximum absolute atomic E-state index is 10.0. The third-order valence-electron chi connectivity index (χ3n) is 5.05. The first kappa shape index (κ1) is 11.9. The zero-order chi connectivity index (χ0) is 11.9. The Balaban J connectivity index is 2.27. The van der Waals surface area contributed by atoms with Gasteiger partial charge in [0.25, 0.3) is 0 Å². The molecule has 0 amide bonds. The van der Waals surface area contributed by atoms with Crippen molar-refractivity contribution in [1.29, 1.82) is 0 Å². The molecular weight excluding hydrogens is 196 g/mol. The van der Waals surface area contributed by atoms with E-state index >= 15 is 0 Å². The van der Waals surface area contributed by atoms with Crippen molar-refractivity contribution in [3.8, 4) is 0 Å². The molecule has 2 aliphatic rings. The Labute approximate surface area is 99.3 Å². The zero-order valence-corrected chi connectivity index (χ0v) is 10.8. The van der Waals surface area contributed by atoms with Crippen molar-refractivity contribution in [1.82, 2.24) is 0 Å². The van der Waals surface area contributed by atoms with Crippen LogP contribution in [0.25, 0.3) is 0 Å². The van der Waals surface area contributed by atoms with Gasteiger partial charge in [-0.3, -0.25) is 0 Å². The van der Waals surface area contributed by atoms with Crippen LogP contribution in [0.2, 0.25) is 0 Å². The topological polar surface area (TPSA) is 20.2 Å². The van der Waals surface area contributed by atoms with Crippen LogP contribution in [-0.4, -0.2) is 11.2 Å². The molecule has 2 aliphatic carbocycles. The molecule has 0 bridgehead atoms. The number of hydrogen-bond donors (Lipinski definition) is 1. The minimum atomic E-state index is -0.155. The third-order valence-corrected chi connectivity index (χ3v) is 5.05. The van der Waals surface area contributed by atoms with Crippen molar-refractivity contribution in [3.05, 3.63) is 23.8 Å². The molecule has 1 nitrogen and oxygen atoms in total. The van der Waals surface area contributed by atoms with E-state index in [1.807, 2.05) is 0 Å². The molecule has 0 saturated heterocycles. The summed E-state index contributed by atoms with van der Waals surface area (Å²) < 4.78 is 0. The summed E-state index contributed by atoms with van der Waals surface area (Å²) in [4.78, 5) is 0. The normalized spacial score (nSPS) is 43.5. The fraction of sp³-hybridized carbons (Fsp3) is 0.733. The summed E-state index contributed by atoms with van der Waals surface area (Å²) in [6.07, 6.45) is 6.61. The monoisotopic (exact) mass is 220 g/mol. The summed E-state index contributed by atoms with van der Waals surface area (Å²) in [5, 5.41) is 10.0. The third kappa shape index (κ3) is 1.75. The summed E-state index contributed by atoms with van der Waals surface area (Å²) in [7, 11) is 0. The molecule has 4 unspecified atom stereocenters. The minimum Gasteiger partial charge on any atom is -0.392 e. The van der Waals surface area contributed by atoms with Crippen LogP contribution in [0.1, 0.15) is 46.5 Å². The van der Waals surface area contributed by atoms with Crippen LogP contribution in [0.3, 0.4) is 0 Å². The van der Waals surface area contributed by atoms with Gasteiger partial charge in [-0.2, -0.15) is 0 Å². The van der Waals surface area contributed by atoms with Crippen molar-refractivity contribution < 1.29 is 5.11 Å². The van der Waals surface area contributed by atoms with Crippen LogP contribution in [-0.2, 0) is 0 Å². The predicted octanol–water partition coefficient (Wildman–Crippen LogP) is 3.70. The van der Waals surface area contributed by atoms with E-state index in [9.17, 15) is 5.11 Å². The van der Waals surface area contributed by atoms with E-state index in [1.165, 1.54) is 24.8 Å². The van der Waals surface area contributed by atoms with Gasteiger partial charge in [0, 0.05) is 0 Å². The van der Waals surface area contributed by atoms with Crippen LogP contribution in [0.15, 0.2) is 23.8 Å². The molecule has 1 saturated carbocycles. The summed E-state index contributed by atoms with van der Waals surface area (Å²) in [6, 6.07) is 0. The maximum atomic E-state index is 10.0. The van der Waals surface area contributed by atoms with Crippen LogP contribution in [0.4, 0.5) is 0 Å². The Morgan fingerprint density at radius 1 is 1.56 bits per heavy atom. The van der Waals surface area contributed by atoms with Crippen LogP contribution >= 0.6 is 0 Å². The molecule has 0 aromatic carbocycles. The van der Waals surface area contributed by atoms with Gasteiger partial charge in [0.15, 0.2) is 0 Å². The average molecular weight is 220 g/mol. The molecule has 0 aliphatic heterocycles. The lowest BCUT2D eigenvalue weighted by Gasteiger charge is -2.49. The number of aliphatic hydroxyl groups is 1. The van der Waals surface area contributed by atoms with E-state index in [2.05, 4.69) is 33.4 Å². The molecule has 0 spiro atoms. The molecule has 0 aromatic rings. The van der Waals surface area contributed by atoms with Gasteiger partial charge in [-0.05, 0) is 49.9 Å².